The molecule has 0 aromatic heterocycles. The van der Waals surface area contributed by atoms with Crippen molar-refractivity contribution < 1.29 is 33.0 Å². The predicted molar refractivity (Wildman–Crippen MR) is 122 cm³/mol. The Bertz CT molecular complexity index is 1330. The van der Waals surface area contributed by atoms with Crippen molar-refractivity contribution in [1.82, 2.24) is 0 Å². The number of aliphatic hydroxyl groups is 1. The minimum absolute atomic E-state index is 0.0201. The summed E-state index contributed by atoms with van der Waals surface area (Å²) >= 11 is 0. The number of benzene rings is 3. The molecule has 0 radical (unpaired) electrons. The van der Waals surface area contributed by atoms with Crippen LogP contribution in [0, 0.1) is 18.6 Å². The number of Topliss-reactive ketones (excluding diaryl/α,β-unsaturated/α-hetero) is 1. The zero-order valence-corrected chi connectivity index (χ0v) is 18.6. The number of ether oxygens (including phenoxy) is 2. The van der Waals surface area contributed by atoms with E-state index in [2.05, 4.69) is 0 Å². The van der Waals surface area contributed by atoms with Crippen LogP contribution in [0.2, 0.25) is 0 Å². The molecule has 1 N–H and O–H groups in total. The monoisotopic (exact) mass is 465 g/mol. The summed E-state index contributed by atoms with van der Waals surface area (Å²) < 4.78 is 38.2. The van der Waals surface area contributed by atoms with E-state index in [1.165, 1.54) is 32.4 Å². The third-order valence-electron chi connectivity index (χ3n) is 5.65. The van der Waals surface area contributed by atoms with E-state index in [0.29, 0.717) is 11.3 Å². The van der Waals surface area contributed by atoms with Gasteiger partial charge in [-0.05, 0) is 36.8 Å². The molecule has 1 aliphatic heterocycles. The number of amides is 1. The minimum atomic E-state index is -1.17. The van der Waals surface area contributed by atoms with Crippen molar-refractivity contribution in [2.75, 3.05) is 19.1 Å². The highest BCUT2D eigenvalue weighted by atomic mass is 19.2. The average molecular weight is 465 g/mol. The van der Waals surface area contributed by atoms with Crippen molar-refractivity contribution in [3.8, 4) is 11.5 Å². The number of carbonyl (C=O) groups excluding carboxylic acids is 2. The highest BCUT2D eigenvalue weighted by Gasteiger charge is 2.47. The van der Waals surface area contributed by atoms with Gasteiger partial charge in [-0.2, -0.15) is 0 Å². The van der Waals surface area contributed by atoms with Gasteiger partial charge in [0.15, 0.2) is 11.6 Å². The van der Waals surface area contributed by atoms with Gasteiger partial charge in [0, 0.05) is 17.8 Å². The van der Waals surface area contributed by atoms with Crippen molar-refractivity contribution in [1.29, 1.82) is 0 Å². The minimum Gasteiger partial charge on any atom is -0.507 e. The Balaban J connectivity index is 1.98. The van der Waals surface area contributed by atoms with Gasteiger partial charge in [0.1, 0.15) is 17.3 Å². The zero-order chi connectivity index (χ0) is 24.6. The van der Waals surface area contributed by atoms with Gasteiger partial charge >= 0.3 is 0 Å². The van der Waals surface area contributed by atoms with E-state index in [4.69, 9.17) is 9.47 Å². The van der Waals surface area contributed by atoms with Gasteiger partial charge in [-0.15, -0.1) is 0 Å². The largest absolute Gasteiger partial charge is 0.507 e. The summed E-state index contributed by atoms with van der Waals surface area (Å²) in [7, 11) is 2.86. The first-order valence-corrected chi connectivity index (χ1v) is 10.3. The highest BCUT2D eigenvalue weighted by molar-refractivity contribution is 6.51. The van der Waals surface area contributed by atoms with Crippen LogP contribution in [-0.2, 0) is 9.59 Å². The molecule has 1 heterocycles. The molecule has 1 unspecified atom stereocenters. The van der Waals surface area contributed by atoms with Crippen LogP contribution >= 0.6 is 0 Å². The molecule has 174 valence electrons. The second-order valence-electron chi connectivity index (χ2n) is 7.75. The number of aryl methyl sites for hydroxylation is 1. The molecule has 3 aromatic rings. The lowest BCUT2D eigenvalue weighted by atomic mass is 9.94. The van der Waals surface area contributed by atoms with Gasteiger partial charge in [-0.1, -0.05) is 29.8 Å². The molecule has 0 bridgehead atoms. The fourth-order valence-electron chi connectivity index (χ4n) is 4.03. The van der Waals surface area contributed by atoms with E-state index in [1.54, 1.807) is 24.3 Å². The molecule has 1 atom stereocenters. The zero-order valence-electron chi connectivity index (χ0n) is 18.6. The van der Waals surface area contributed by atoms with Crippen molar-refractivity contribution in [3.63, 3.8) is 0 Å². The second kappa shape index (κ2) is 8.97. The maximum Gasteiger partial charge on any atom is 0.300 e. The van der Waals surface area contributed by atoms with Crippen LogP contribution in [0.3, 0.4) is 0 Å². The number of ketones is 1. The molecule has 6 nitrogen and oxygen atoms in total. The second-order valence-corrected chi connectivity index (χ2v) is 7.75. The molecule has 1 fully saturated rings. The topological polar surface area (TPSA) is 76.1 Å². The van der Waals surface area contributed by atoms with Crippen molar-refractivity contribution >= 4 is 23.1 Å². The third-order valence-corrected chi connectivity index (χ3v) is 5.65. The molecule has 1 saturated heterocycles. The van der Waals surface area contributed by atoms with Crippen LogP contribution in [0.25, 0.3) is 5.76 Å². The fraction of sp³-hybridized carbons (Fsp3) is 0.154. The number of anilines is 1. The van der Waals surface area contributed by atoms with Crippen LogP contribution in [-0.4, -0.2) is 31.0 Å². The molecule has 1 aliphatic rings. The number of rotatable bonds is 5. The maximum atomic E-state index is 14.1. The summed E-state index contributed by atoms with van der Waals surface area (Å²) in [5.41, 5.74) is 1.30. The lowest BCUT2D eigenvalue weighted by molar-refractivity contribution is -0.132. The molecular formula is C26H21F2NO5. The van der Waals surface area contributed by atoms with Crippen molar-refractivity contribution in [2.24, 2.45) is 0 Å². The van der Waals surface area contributed by atoms with E-state index < -0.39 is 35.1 Å². The molecule has 8 heteroatoms. The summed E-state index contributed by atoms with van der Waals surface area (Å²) in [6.45, 7) is 1.83. The Labute approximate surface area is 194 Å². The summed E-state index contributed by atoms with van der Waals surface area (Å²) in [4.78, 5) is 27.4. The number of halogens is 2. The van der Waals surface area contributed by atoms with Gasteiger partial charge in [0.05, 0.1) is 31.4 Å². The Morgan fingerprint density at radius 1 is 0.941 bits per heavy atom. The van der Waals surface area contributed by atoms with E-state index in [-0.39, 0.29) is 22.6 Å². The fourth-order valence-corrected chi connectivity index (χ4v) is 4.03. The molecule has 4 rings (SSSR count). The van der Waals surface area contributed by atoms with Crippen LogP contribution < -0.4 is 14.4 Å². The standard InChI is InChI=1S/C26H21F2NO5/c1-14-5-4-6-15(11-14)23-22(24(30)18-9-8-17(33-2)13-21(18)34-3)25(31)26(32)29(23)16-7-10-19(27)20(28)12-16/h4-13,23,30H,1-3H3/b24-22-. The van der Waals surface area contributed by atoms with E-state index in [9.17, 15) is 23.5 Å². The van der Waals surface area contributed by atoms with E-state index in [1.807, 2.05) is 13.0 Å². The Morgan fingerprint density at radius 3 is 2.35 bits per heavy atom. The van der Waals surface area contributed by atoms with Gasteiger partial charge in [-0.3, -0.25) is 14.5 Å². The Kier molecular flexibility index (Phi) is 6.06. The third kappa shape index (κ3) is 3.87. The first kappa shape index (κ1) is 23.0. The number of methoxy groups -OCH3 is 2. The van der Waals surface area contributed by atoms with Crippen LogP contribution in [0.5, 0.6) is 11.5 Å². The molecule has 0 saturated carbocycles. The normalized spacial score (nSPS) is 17.2. The summed E-state index contributed by atoms with van der Waals surface area (Å²) in [5.74, 6) is -3.98. The molecule has 0 aliphatic carbocycles. The van der Waals surface area contributed by atoms with E-state index >= 15 is 0 Å². The summed E-state index contributed by atoms with van der Waals surface area (Å²) in [5, 5.41) is 11.3. The van der Waals surface area contributed by atoms with Crippen LogP contribution in [0.4, 0.5) is 14.5 Å². The van der Waals surface area contributed by atoms with E-state index in [0.717, 1.165) is 22.6 Å². The molecular weight excluding hydrogens is 444 g/mol. The summed E-state index contributed by atoms with van der Waals surface area (Å²) in [6.07, 6.45) is 0. The number of hydrogen-bond donors (Lipinski definition) is 1. The van der Waals surface area contributed by atoms with Crippen molar-refractivity contribution in [3.05, 3.63) is 94.6 Å². The Morgan fingerprint density at radius 2 is 1.71 bits per heavy atom. The molecule has 0 spiro atoms. The predicted octanol–water partition coefficient (Wildman–Crippen LogP) is 4.92. The lowest BCUT2D eigenvalue weighted by Crippen LogP contribution is -2.29. The number of nitrogens with zero attached hydrogens (tertiary/aromatic N) is 1. The number of carbonyl (C=O) groups is 2. The quantitative estimate of drug-likeness (QED) is 0.329. The van der Waals surface area contributed by atoms with Gasteiger partial charge in [-0.25, -0.2) is 8.78 Å². The summed E-state index contributed by atoms with van der Waals surface area (Å²) in [6, 6.07) is 13.5. The number of hydrogen-bond acceptors (Lipinski definition) is 5. The van der Waals surface area contributed by atoms with Crippen LogP contribution in [0.1, 0.15) is 22.7 Å². The smallest absolute Gasteiger partial charge is 0.300 e. The first-order valence-electron chi connectivity index (χ1n) is 10.3. The highest BCUT2D eigenvalue weighted by Crippen LogP contribution is 2.44. The number of aliphatic hydroxyl groups excluding tert-OH is 1. The Hall–Kier alpha value is -4.20. The molecule has 34 heavy (non-hydrogen) atoms. The molecule has 1 amide bonds. The maximum absolute atomic E-state index is 14.1. The molecule has 3 aromatic carbocycles. The average Bonchev–Trinajstić information content (AvgIpc) is 3.10. The lowest BCUT2D eigenvalue weighted by Gasteiger charge is -2.26. The van der Waals surface area contributed by atoms with Gasteiger partial charge < -0.3 is 14.6 Å². The van der Waals surface area contributed by atoms with Gasteiger partial charge in [0.25, 0.3) is 11.7 Å². The SMILES string of the molecule is COc1ccc(/C(O)=C2/C(=O)C(=O)N(c3ccc(F)c(F)c3)C2c2cccc(C)c2)c(OC)c1. The van der Waals surface area contributed by atoms with Crippen molar-refractivity contribution in [2.45, 2.75) is 13.0 Å². The van der Waals surface area contributed by atoms with Crippen LogP contribution in [0.15, 0.2) is 66.2 Å². The first-order chi connectivity index (χ1) is 16.3. The van der Waals surface area contributed by atoms with Gasteiger partial charge in [0.2, 0.25) is 0 Å².